The number of nitrogens with zero attached hydrogens (tertiary/aromatic N) is 1. The van der Waals surface area contributed by atoms with Gasteiger partial charge >= 0.3 is 0 Å². The van der Waals surface area contributed by atoms with Crippen LogP contribution in [0.5, 0.6) is 0 Å². The van der Waals surface area contributed by atoms with Crippen molar-refractivity contribution in [3.05, 3.63) is 29.0 Å². The number of nitrogens with one attached hydrogen (secondary N) is 1. The van der Waals surface area contributed by atoms with E-state index in [-0.39, 0.29) is 5.82 Å². The topological polar surface area (TPSA) is 35.8 Å². The lowest BCUT2D eigenvalue weighted by Gasteiger charge is -2.06. The number of anilines is 1. The standard InChI is InChI=1S/C10H10ClFN2/c11-8-3-4-9(12)10(7-8)14-6-2-1-5-13/h3-4,7,14H,1-2,6H2. The van der Waals surface area contributed by atoms with E-state index in [2.05, 4.69) is 5.32 Å². The minimum atomic E-state index is -0.327. The molecule has 14 heavy (non-hydrogen) atoms. The molecule has 0 atom stereocenters. The first-order valence-corrected chi connectivity index (χ1v) is 4.67. The van der Waals surface area contributed by atoms with Gasteiger partial charge in [0.2, 0.25) is 0 Å². The molecule has 0 amide bonds. The lowest BCUT2D eigenvalue weighted by Crippen LogP contribution is -2.02. The maximum absolute atomic E-state index is 13.1. The molecule has 0 fully saturated rings. The molecule has 0 aliphatic carbocycles. The van der Waals surface area contributed by atoms with Gasteiger partial charge in [-0.3, -0.25) is 0 Å². The van der Waals surface area contributed by atoms with Gasteiger partial charge in [-0.15, -0.1) is 0 Å². The lowest BCUT2D eigenvalue weighted by molar-refractivity contribution is 0.629. The fourth-order valence-corrected chi connectivity index (χ4v) is 1.20. The van der Waals surface area contributed by atoms with E-state index in [9.17, 15) is 4.39 Å². The molecule has 0 aliphatic heterocycles. The van der Waals surface area contributed by atoms with E-state index in [0.717, 1.165) is 0 Å². The Morgan fingerprint density at radius 2 is 2.29 bits per heavy atom. The minimum Gasteiger partial charge on any atom is -0.383 e. The third-order valence-electron chi connectivity index (χ3n) is 1.71. The van der Waals surface area contributed by atoms with Gasteiger partial charge in [-0.2, -0.15) is 5.26 Å². The zero-order chi connectivity index (χ0) is 10.4. The Labute approximate surface area is 87.3 Å². The average molecular weight is 213 g/mol. The molecule has 0 aromatic heterocycles. The molecule has 0 spiro atoms. The summed E-state index contributed by atoms with van der Waals surface area (Å²) in [5.41, 5.74) is 0.385. The normalized spacial score (nSPS) is 9.50. The van der Waals surface area contributed by atoms with E-state index in [4.69, 9.17) is 16.9 Å². The van der Waals surface area contributed by atoms with E-state index >= 15 is 0 Å². The van der Waals surface area contributed by atoms with Crippen molar-refractivity contribution in [3.63, 3.8) is 0 Å². The summed E-state index contributed by atoms with van der Waals surface area (Å²) in [5, 5.41) is 11.7. The van der Waals surface area contributed by atoms with Crippen LogP contribution < -0.4 is 5.32 Å². The molecule has 74 valence electrons. The Morgan fingerprint density at radius 1 is 1.50 bits per heavy atom. The summed E-state index contributed by atoms with van der Waals surface area (Å²) >= 11 is 5.70. The first-order valence-electron chi connectivity index (χ1n) is 4.30. The molecule has 0 saturated carbocycles. The van der Waals surface area contributed by atoms with Crippen LogP contribution in [-0.2, 0) is 0 Å². The number of rotatable bonds is 4. The number of halogens is 2. The molecule has 1 rings (SSSR count). The smallest absolute Gasteiger partial charge is 0.146 e. The highest BCUT2D eigenvalue weighted by Crippen LogP contribution is 2.19. The highest BCUT2D eigenvalue weighted by molar-refractivity contribution is 6.30. The summed E-state index contributed by atoms with van der Waals surface area (Å²) < 4.78 is 13.1. The van der Waals surface area contributed by atoms with Crippen LogP contribution in [0.25, 0.3) is 0 Å². The largest absolute Gasteiger partial charge is 0.383 e. The lowest BCUT2D eigenvalue weighted by atomic mass is 10.3. The fraction of sp³-hybridized carbons (Fsp3) is 0.300. The quantitative estimate of drug-likeness (QED) is 0.778. The van der Waals surface area contributed by atoms with Crippen molar-refractivity contribution in [2.75, 3.05) is 11.9 Å². The molecule has 4 heteroatoms. The van der Waals surface area contributed by atoms with Gasteiger partial charge < -0.3 is 5.32 Å². The Morgan fingerprint density at radius 3 is 3.00 bits per heavy atom. The van der Waals surface area contributed by atoms with Gasteiger partial charge in [0.1, 0.15) is 5.82 Å². The second kappa shape index (κ2) is 5.46. The van der Waals surface area contributed by atoms with E-state index in [0.29, 0.717) is 30.1 Å². The van der Waals surface area contributed by atoms with Gasteiger partial charge in [0.15, 0.2) is 0 Å². The number of hydrogen-bond acceptors (Lipinski definition) is 2. The molecule has 1 aromatic carbocycles. The first kappa shape index (κ1) is 10.8. The van der Waals surface area contributed by atoms with Crippen LogP contribution in [0.1, 0.15) is 12.8 Å². The van der Waals surface area contributed by atoms with E-state index in [1.54, 1.807) is 0 Å². The Balaban J connectivity index is 2.50. The molecular formula is C10H10ClFN2. The Bertz CT molecular complexity index is 346. The molecule has 2 nitrogen and oxygen atoms in total. The Hall–Kier alpha value is -1.27. The van der Waals surface area contributed by atoms with Crippen molar-refractivity contribution in [1.29, 1.82) is 5.26 Å². The van der Waals surface area contributed by atoms with E-state index in [1.165, 1.54) is 18.2 Å². The van der Waals surface area contributed by atoms with Gasteiger partial charge in [0.05, 0.1) is 11.8 Å². The zero-order valence-electron chi connectivity index (χ0n) is 7.56. The van der Waals surface area contributed by atoms with Crippen molar-refractivity contribution < 1.29 is 4.39 Å². The minimum absolute atomic E-state index is 0.327. The SMILES string of the molecule is N#CCCCNc1cc(Cl)ccc1F. The number of unbranched alkanes of at least 4 members (excludes halogenated alkanes) is 1. The Kier molecular flexibility index (Phi) is 4.21. The highest BCUT2D eigenvalue weighted by Gasteiger charge is 2.01. The van der Waals surface area contributed by atoms with Crippen molar-refractivity contribution in [1.82, 2.24) is 0 Å². The second-order valence-corrected chi connectivity index (χ2v) is 3.25. The maximum atomic E-state index is 13.1. The van der Waals surface area contributed by atoms with Crippen LogP contribution in [0.2, 0.25) is 5.02 Å². The van der Waals surface area contributed by atoms with Crippen LogP contribution in [0.3, 0.4) is 0 Å². The van der Waals surface area contributed by atoms with Gasteiger partial charge in [-0.05, 0) is 24.6 Å². The zero-order valence-corrected chi connectivity index (χ0v) is 8.31. The molecule has 0 radical (unpaired) electrons. The summed E-state index contributed by atoms with van der Waals surface area (Å²) in [6.07, 6.45) is 1.16. The molecule has 0 heterocycles. The van der Waals surface area contributed by atoms with Crippen LogP contribution >= 0.6 is 11.6 Å². The van der Waals surface area contributed by atoms with Crippen LogP contribution in [0.15, 0.2) is 18.2 Å². The van der Waals surface area contributed by atoms with Gasteiger partial charge in [-0.1, -0.05) is 11.6 Å². The first-order chi connectivity index (χ1) is 6.74. The fourth-order valence-electron chi connectivity index (χ4n) is 1.02. The third kappa shape index (κ3) is 3.23. The number of benzene rings is 1. The summed E-state index contributed by atoms with van der Waals surface area (Å²) in [6.45, 7) is 0.574. The predicted octanol–water partition coefficient (Wildman–Crippen LogP) is 3.19. The molecule has 0 aliphatic rings. The molecule has 0 unspecified atom stereocenters. The van der Waals surface area contributed by atoms with Crippen molar-refractivity contribution in [2.45, 2.75) is 12.8 Å². The van der Waals surface area contributed by atoms with Crippen molar-refractivity contribution >= 4 is 17.3 Å². The monoisotopic (exact) mass is 212 g/mol. The number of hydrogen-bond donors (Lipinski definition) is 1. The average Bonchev–Trinajstić information content (AvgIpc) is 2.18. The predicted molar refractivity (Wildman–Crippen MR) is 54.7 cm³/mol. The summed E-state index contributed by atoms with van der Waals surface area (Å²) in [4.78, 5) is 0. The third-order valence-corrected chi connectivity index (χ3v) is 1.94. The molecule has 1 aromatic rings. The second-order valence-electron chi connectivity index (χ2n) is 2.81. The number of nitriles is 1. The van der Waals surface area contributed by atoms with Gasteiger partial charge in [0.25, 0.3) is 0 Å². The van der Waals surface area contributed by atoms with Crippen molar-refractivity contribution in [2.24, 2.45) is 0 Å². The summed E-state index contributed by atoms with van der Waals surface area (Å²) in [6, 6.07) is 6.36. The highest BCUT2D eigenvalue weighted by atomic mass is 35.5. The van der Waals surface area contributed by atoms with E-state index < -0.39 is 0 Å². The van der Waals surface area contributed by atoms with E-state index in [1.807, 2.05) is 6.07 Å². The van der Waals surface area contributed by atoms with Gasteiger partial charge in [-0.25, -0.2) is 4.39 Å². The van der Waals surface area contributed by atoms with Crippen LogP contribution in [-0.4, -0.2) is 6.54 Å². The summed E-state index contributed by atoms with van der Waals surface area (Å²) in [5.74, 6) is -0.327. The molecular weight excluding hydrogens is 203 g/mol. The van der Waals surface area contributed by atoms with Crippen LogP contribution in [0, 0.1) is 17.1 Å². The van der Waals surface area contributed by atoms with Crippen molar-refractivity contribution in [3.8, 4) is 6.07 Å². The summed E-state index contributed by atoms with van der Waals surface area (Å²) in [7, 11) is 0. The maximum Gasteiger partial charge on any atom is 0.146 e. The molecule has 0 bridgehead atoms. The van der Waals surface area contributed by atoms with Gasteiger partial charge in [0, 0.05) is 18.0 Å². The van der Waals surface area contributed by atoms with Crippen LogP contribution in [0.4, 0.5) is 10.1 Å². The molecule has 1 N–H and O–H groups in total. The molecule has 0 saturated heterocycles.